The van der Waals surface area contributed by atoms with Gasteiger partial charge < -0.3 is 11.1 Å². The van der Waals surface area contributed by atoms with Crippen molar-refractivity contribution in [2.75, 3.05) is 11.9 Å². The van der Waals surface area contributed by atoms with Gasteiger partial charge in [0, 0.05) is 28.5 Å². The van der Waals surface area contributed by atoms with Crippen LogP contribution in [0.15, 0.2) is 34.9 Å². The molecule has 2 heterocycles. The molecule has 0 atom stereocenters. The third-order valence-electron chi connectivity index (χ3n) is 3.52. The predicted octanol–water partition coefficient (Wildman–Crippen LogP) is 3.29. The lowest BCUT2D eigenvalue weighted by atomic mass is 10.1. The van der Waals surface area contributed by atoms with E-state index in [1.54, 1.807) is 12.3 Å². The molecular weight excluding hydrogens is 418 g/mol. The molecule has 0 aliphatic heterocycles. The number of hydrogen-bond acceptors (Lipinski definition) is 5. The zero-order chi connectivity index (χ0) is 18.7. The fraction of sp³-hybridized carbons (Fsp3) is 0.176. The second-order valence-corrected chi connectivity index (χ2v) is 7.34. The van der Waals surface area contributed by atoms with Gasteiger partial charge in [-0.25, -0.2) is 9.78 Å². The third-order valence-corrected chi connectivity index (χ3v) is 5.42. The molecule has 134 valence electrons. The van der Waals surface area contributed by atoms with Crippen LogP contribution in [0.3, 0.4) is 0 Å². The molecular formula is C17H16BrN5O2S. The van der Waals surface area contributed by atoms with E-state index in [9.17, 15) is 9.59 Å². The molecule has 7 nitrogen and oxygen atoms in total. The van der Waals surface area contributed by atoms with Crippen LogP contribution < -0.4 is 16.4 Å². The number of thiazole rings is 1. The van der Waals surface area contributed by atoms with E-state index in [1.165, 1.54) is 11.3 Å². The van der Waals surface area contributed by atoms with Gasteiger partial charge in [-0.15, -0.1) is 0 Å². The molecule has 26 heavy (non-hydrogen) atoms. The van der Waals surface area contributed by atoms with Crippen LogP contribution in [0.25, 0.3) is 21.3 Å². The molecule has 0 aliphatic rings. The summed E-state index contributed by atoms with van der Waals surface area (Å²) in [5, 5.41) is 5.92. The molecule has 0 unspecified atom stereocenters. The highest BCUT2D eigenvalue weighted by Gasteiger charge is 2.12. The summed E-state index contributed by atoms with van der Waals surface area (Å²) in [6.07, 6.45) is 1.82. The van der Waals surface area contributed by atoms with Gasteiger partial charge in [0.1, 0.15) is 0 Å². The first-order chi connectivity index (χ1) is 12.5. The molecule has 0 bridgehead atoms. The Morgan fingerprint density at radius 1 is 1.27 bits per heavy atom. The fourth-order valence-corrected chi connectivity index (χ4v) is 3.93. The Morgan fingerprint density at radius 2 is 2.08 bits per heavy atom. The molecule has 0 spiro atoms. The highest BCUT2D eigenvalue weighted by atomic mass is 79.9. The van der Waals surface area contributed by atoms with Crippen LogP contribution in [0.5, 0.6) is 0 Å². The first kappa shape index (κ1) is 18.3. The van der Waals surface area contributed by atoms with Crippen molar-refractivity contribution in [2.24, 2.45) is 5.73 Å². The third kappa shape index (κ3) is 4.17. The number of pyridine rings is 1. The minimum absolute atomic E-state index is 0.115. The van der Waals surface area contributed by atoms with Gasteiger partial charge in [-0.05, 0) is 46.6 Å². The largest absolute Gasteiger partial charge is 0.369 e. The van der Waals surface area contributed by atoms with Gasteiger partial charge >= 0.3 is 6.03 Å². The Labute approximate surface area is 162 Å². The number of hydrogen-bond donors (Lipinski definition) is 3. The van der Waals surface area contributed by atoms with Crippen LogP contribution in [-0.4, -0.2) is 28.5 Å². The number of carbonyl (C=O) groups is 2. The number of urea groups is 1. The van der Waals surface area contributed by atoms with Crippen LogP contribution in [0, 0.1) is 0 Å². The second kappa shape index (κ2) is 7.79. The first-order valence-electron chi connectivity index (χ1n) is 7.84. The molecule has 0 radical (unpaired) electrons. The van der Waals surface area contributed by atoms with E-state index < -0.39 is 5.91 Å². The quantitative estimate of drug-likeness (QED) is 0.572. The first-order valence-corrected chi connectivity index (χ1v) is 9.45. The number of halogens is 1. The summed E-state index contributed by atoms with van der Waals surface area (Å²) < 4.78 is 1.83. The molecule has 0 aliphatic carbocycles. The van der Waals surface area contributed by atoms with Gasteiger partial charge in [-0.3, -0.25) is 15.1 Å². The van der Waals surface area contributed by atoms with Crippen LogP contribution >= 0.6 is 27.3 Å². The molecule has 4 N–H and O–H groups in total. The number of amides is 3. The summed E-state index contributed by atoms with van der Waals surface area (Å²) >= 11 is 4.96. The fourth-order valence-electron chi connectivity index (χ4n) is 2.39. The SMILES string of the molecule is CCNC(=O)Nc1nc2cc(-c3ccc(CC(N)=O)nc3)cc(Br)c2s1. The van der Waals surface area contributed by atoms with Gasteiger partial charge in [0.2, 0.25) is 5.91 Å². The number of fused-ring (bicyclic) bond motifs is 1. The topological polar surface area (TPSA) is 110 Å². The number of benzene rings is 1. The molecule has 0 fully saturated rings. The van der Waals surface area contributed by atoms with Gasteiger partial charge in [0.05, 0.1) is 16.6 Å². The smallest absolute Gasteiger partial charge is 0.321 e. The summed E-state index contributed by atoms with van der Waals surface area (Å²) in [6, 6.07) is 7.29. The molecule has 3 aromatic rings. The van der Waals surface area contributed by atoms with Gasteiger partial charge in [-0.1, -0.05) is 17.4 Å². The van der Waals surface area contributed by atoms with E-state index in [-0.39, 0.29) is 12.5 Å². The number of carbonyl (C=O) groups excluding carboxylic acids is 2. The van der Waals surface area contributed by atoms with E-state index >= 15 is 0 Å². The van der Waals surface area contributed by atoms with Gasteiger partial charge in [0.25, 0.3) is 0 Å². The number of primary amides is 1. The number of nitrogens with zero attached hydrogens (tertiary/aromatic N) is 2. The summed E-state index contributed by atoms with van der Waals surface area (Å²) in [5.41, 5.74) is 8.41. The maximum Gasteiger partial charge on any atom is 0.321 e. The Kier molecular flexibility index (Phi) is 5.48. The summed E-state index contributed by atoms with van der Waals surface area (Å²) in [7, 11) is 0. The molecule has 3 rings (SSSR count). The molecule has 2 aromatic heterocycles. The van der Waals surface area contributed by atoms with E-state index in [1.807, 2.05) is 25.1 Å². The van der Waals surface area contributed by atoms with E-state index in [0.29, 0.717) is 17.4 Å². The summed E-state index contributed by atoms with van der Waals surface area (Å²) in [4.78, 5) is 31.4. The van der Waals surface area contributed by atoms with Crippen molar-refractivity contribution in [1.82, 2.24) is 15.3 Å². The standard InChI is InChI=1S/C17H16BrN5O2S/c1-2-20-16(25)23-17-22-13-6-10(5-12(18)15(13)26-17)9-3-4-11(21-8-9)7-14(19)24/h3-6,8H,2,7H2,1H3,(H2,19,24)(H2,20,22,23,25). The Balaban J connectivity index is 1.90. The minimum Gasteiger partial charge on any atom is -0.369 e. The minimum atomic E-state index is -0.413. The number of aromatic nitrogens is 2. The average Bonchev–Trinajstić information content (AvgIpc) is 2.98. The van der Waals surface area contributed by atoms with Crippen molar-refractivity contribution in [2.45, 2.75) is 13.3 Å². The number of anilines is 1. The highest BCUT2D eigenvalue weighted by molar-refractivity contribution is 9.10. The van der Waals surface area contributed by atoms with Crippen molar-refractivity contribution in [3.05, 3.63) is 40.6 Å². The van der Waals surface area contributed by atoms with Gasteiger partial charge in [-0.2, -0.15) is 0 Å². The Hall–Kier alpha value is -2.52. The lowest BCUT2D eigenvalue weighted by Gasteiger charge is -2.04. The summed E-state index contributed by atoms with van der Waals surface area (Å²) in [5.74, 6) is -0.413. The molecule has 9 heteroatoms. The van der Waals surface area contributed by atoms with Crippen LogP contribution in [-0.2, 0) is 11.2 Å². The molecule has 3 amide bonds. The van der Waals surface area contributed by atoms with Gasteiger partial charge in [0.15, 0.2) is 5.13 Å². The van der Waals surface area contributed by atoms with Crippen molar-refractivity contribution < 1.29 is 9.59 Å². The zero-order valence-corrected chi connectivity index (χ0v) is 16.3. The number of nitrogens with one attached hydrogen (secondary N) is 2. The lowest BCUT2D eigenvalue weighted by molar-refractivity contribution is -0.117. The lowest BCUT2D eigenvalue weighted by Crippen LogP contribution is -2.28. The number of nitrogens with two attached hydrogens (primary N) is 1. The van der Waals surface area contributed by atoms with E-state index in [0.717, 1.165) is 25.8 Å². The maximum atomic E-state index is 11.7. The molecule has 0 saturated carbocycles. The van der Waals surface area contributed by atoms with Crippen LogP contribution in [0.4, 0.5) is 9.93 Å². The Bertz CT molecular complexity index is 971. The van der Waals surface area contributed by atoms with Crippen LogP contribution in [0.1, 0.15) is 12.6 Å². The zero-order valence-electron chi connectivity index (χ0n) is 13.9. The normalized spacial score (nSPS) is 10.7. The molecule has 1 aromatic carbocycles. The molecule has 0 saturated heterocycles. The summed E-state index contributed by atoms with van der Waals surface area (Å²) in [6.45, 7) is 2.40. The second-order valence-electron chi connectivity index (χ2n) is 5.49. The van der Waals surface area contributed by atoms with Crippen molar-refractivity contribution in [1.29, 1.82) is 0 Å². The predicted molar refractivity (Wildman–Crippen MR) is 106 cm³/mol. The maximum absolute atomic E-state index is 11.7. The van der Waals surface area contributed by atoms with Crippen molar-refractivity contribution in [3.63, 3.8) is 0 Å². The Morgan fingerprint density at radius 3 is 2.73 bits per heavy atom. The monoisotopic (exact) mass is 433 g/mol. The highest BCUT2D eigenvalue weighted by Crippen LogP contribution is 2.36. The van der Waals surface area contributed by atoms with Crippen LogP contribution in [0.2, 0.25) is 0 Å². The van der Waals surface area contributed by atoms with Crippen molar-refractivity contribution >= 4 is 54.6 Å². The average molecular weight is 434 g/mol. The van der Waals surface area contributed by atoms with E-state index in [2.05, 4.69) is 36.5 Å². The van der Waals surface area contributed by atoms with Crippen molar-refractivity contribution in [3.8, 4) is 11.1 Å². The van der Waals surface area contributed by atoms with E-state index in [4.69, 9.17) is 5.73 Å². The number of rotatable bonds is 5.